The van der Waals surface area contributed by atoms with E-state index < -0.39 is 16.0 Å². The molecule has 1 rings (SSSR count). The van der Waals surface area contributed by atoms with Gasteiger partial charge in [-0.3, -0.25) is 4.79 Å². The number of aryl methyl sites for hydroxylation is 1. The Morgan fingerprint density at radius 3 is 2.63 bits per heavy atom. The fourth-order valence-electron chi connectivity index (χ4n) is 1.46. The van der Waals surface area contributed by atoms with Crippen molar-refractivity contribution >= 4 is 43.3 Å². The topological polar surface area (TPSA) is 63.7 Å². The smallest absolute Gasteiger partial charge is 0.307 e. The van der Waals surface area contributed by atoms with Crippen LogP contribution in [0, 0.1) is 6.92 Å². The maximum absolute atomic E-state index is 12.3. The number of hydrogen-bond acceptors (Lipinski definition) is 5. The molecule has 0 N–H and O–H groups in total. The van der Waals surface area contributed by atoms with Crippen LogP contribution >= 0.6 is 27.3 Å². The summed E-state index contributed by atoms with van der Waals surface area (Å²) in [7, 11) is -2.10. The molecule has 0 atom stereocenters. The van der Waals surface area contributed by atoms with Crippen LogP contribution in [0.3, 0.4) is 0 Å². The molecular formula is C11H16BrNO4S2. The van der Waals surface area contributed by atoms with Gasteiger partial charge < -0.3 is 4.74 Å². The Balaban J connectivity index is 2.78. The van der Waals surface area contributed by atoms with Crippen molar-refractivity contribution in [1.82, 2.24) is 4.31 Å². The molecule has 8 heteroatoms. The van der Waals surface area contributed by atoms with Gasteiger partial charge in [-0.2, -0.15) is 0 Å². The zero-order chi connectivity index (χ0) is 14.6. The molecule has 0 radical (unpaired) electrons. The summed E-state index contributed by atoms with van der Waals surface area (Å²) in [6, 6.07) is 1.58. The number of carbonyl (C=O) groups excluding carboxylic acids is 1. The highest BCUT2D eigenvalue weighted by atomic mass is 79.9. The summed E-state index contributed by atoms with van der Waals surface area (Å²) in [5.74, 6) is -0.396. The number of ether oxygens (including phenoxy) is 1. The fourth-order valence-corrected chi connectivity index (χ4v) is 5.01. The summed E-state index contributed by atoms with van der Waals surface area (Å²) in [6.45, 7) is 3.87. The van der Waals surface area contributed by atoms with Gasteiger partial charge in [-0.25, -0.2) is 12.7 Å². The lowest BCUT2D eigenvalue weighted by molar-refractivity contribution is -0.143. The number of sulfonamides is 1. The van der Waals surface area contributed by atoms with Gasteiger partial charge in [0.25, 0.3) is 0 Å². The second-order valence-corrected chi connectivity index (χ2v) is 8.50. The van der Waals surface area contributed by atoms with E-state index in [0.717, 1.165) is 8.66 Å². The lowest BCUT2D eigenvalue weighted by Gasteiger charge is -2.16. The SMILES string of the molecule is CCOC(=O)CCN(C)S(=O)(=O)c1cc(Br)sc1C. The van der Waals surface area contributed by atoms with Crippen LogP contribution in [0.4, 0.5) is 0 Å². The van der Waals surface area contributed by atoms with E-state index in [4.69, 9.17) is 4.74 Å². The van der Waals surface area contributed by atoms with E-state index in [1.165, 1.54) is 22.7 Å². The van der Waals surface area contributed by atoms with Gasteiger partial charge in [-0.1, -0.05) is 0 Å². The van der Waals surface area contributed by atoms with Crippen molar-refractivity contribution < 1.29 is 17.9 Å². The molecule has 0 aliphatic rings. The molecule has 0 fully saturated rings. The van der Waals surface area contributed by atoms with Crippen LogP contribution in [0.15, 0.2) is 14.7 Å². The number of carbonyl (C=O) groups is 1. The Morgan fingerprint density at radius 1 is 1.53 bits per heavy atom. The third kappa shape index (κ3) is 4.27. The normalized spacial score (nSPS) is 11.8. The van der Waals surface area contributed by atoms with E-state index in [0.29, 0.717) is 6.61 Å². The molecule has 0 amide bonds. The van der Waals surface area contributed by atoms with Crippen LogP contribution in [-0.4, -0.2) is 38.9 Å². The highest BCUT2D eigenvalue weighted by molar-refractivity contribution is 9.11. The molecule has 19 heavy (non-hydrogen) atoms. The number of thiophene rings is 1. The monoisotopic (exact) mass is 369 g/mol. The van der Waals surface area contributed by atoms with E-state index in [1.54, 1.807) is 19.9 Å². The van der Waals surface area contributed by atoms with E-state index in [9.17, 15) is 13.2 Å². The molecule has 0 aliphatic heterocycles. The first-order chi connectivity index (χ1) is 8.78. The van der Waals surface area contributed by atoms with Gasteiger partial charge in [0, 0.05) is 18.5 Å². The van der Waals surface area contributed by atoms with Crippen LogP contribution in [0.5, 0.6) is 0 Å². The van der Waals surface area contributed by atoms with Crippen molar-refractivity contribution in [3.63, 3.8) is 0 Å². The van der Waals surface area contributed by atoms with Crippen LogP contribution in [0.1, 0.15) is 18.2 Å². The van der Waals surface area contributed by atoms with Gasteiger partial charge in [0.1, 0.15) is 0 Å². The van der Waals surface area contributed by atoms with E-state index in [1.807, 2.05) is 0 Å². The van der Waals surface area contributed by atoms with Crippen LogP contribution < -0.4 is 0 Å². The largest absolute Gasteiger partial charge is 0.466 e. The number of rotatable bonds is 6. The van der Waals surface area contributed by atoms with Crippen LogP contribution in [0.2, 0.25) is 0 Å². The van der Waals surface area contributed by atoms with Gasteiger partial charge in [-0.15, -0.1) is 11.3 Å². The van der Waals surface area contributed by atoms with E-state index in [2.05, 4.69) is 15.9 Å². The highest BCUT2D eigenvalue weighted by Crippen LogP contribution is 2.31. The molecule has 1 aromatic heterocycles. The third-order valence-corrected chi connectivity index (χ3v) is 6.13. The average molecular weight is 370 g/mol. The Morgan fingerprint density at radius 2 is 2.16 bits per heavy atom. The molecule has 0 saturated heterocycles. The highest BCUT2D eigenvalue weighted by Gasteiger charge is 2.25. The second-order valence-electron chi connectivity index (χ2n) is 3.85. The molecule has 5 nitrogen and oxygen atoms in total. The van der Waals surface area contributed by atoms with Crippen LogP contribution in [0.25, 0.3) is 0 Å². The number of hydrogen-bond donors (Lipinski definition) is 0. The van der Waals surface area contributed by atoms with Crippen molar-refractivity contribution in [2.45, 2.75) is 25.2 Å². The minimum atomic E-state index is -3.55. The average Bonchev–Trinajstić information content (AvgIpc) is 2.66. The van der Waals surface area contributed by atoms with Gasteiger partial charge in [0.05, 0.1) is 21.7 Å². The molecule has 1 aromatic rings. The standard InChI is InChI=1S/C11H16BrNO4S2/c1-4-17-11(14)5-6-13(3)19(15,16)9-7-10(12)18-8(9)2/h7H,4-6H2,1-3H3. The Kier molecular flexibility index (Phi) is 5.97. The summed E-state index contributed by atoms with van der Waals surface area (Å²) in [4.78, 5) is 12.2. The molecule has 0 bridgehead atoms. The second kappa shape index (κ2) is 6.83. The number of nitrogens with zero attached hydrogens (tertiary/aromatic N) is 1. The minimum absolute atomic E-state index is 0.0495. The van der Waals surface area contributed by atoms with Crippen molar-refractivity contribution in [1.29, 1.82) is 0 Å². The lowest BCUT2D eigenvalue weighted by Crippen LogP contribution is -2.29. The predicted octanol–water partition coefficient (Wildman–Crippen LogP) is 2.39. The first kappa shape index (κ1) is 16.6. The van der Waals surface area contributed by atoms with Crippen molar-refractivity contribution in [2.75, 3.05) is 20.2 Å². The van der Waals surface area contributed by atoms with E-state index in [-0.39, 0.29) is 17.9 Å². The number of esters is 1. The molecule has 1 heterocycles. The zero-order valence-electron chi connectivity index (χ0n) is 11.0. The first-order valence-electron chi connectivity index (χ1n) is 5.67. The Bertz CT molecular complexity index is 553. The minimum Gasteiger partial charge on any atom is -0.466 e. The number of halogens is 1. The summed E-state index contributed by atoms with van der Waals surface area (Å²) < 4.78 is 31.3. The van der Waals surface area contributed by atoms with E-state index >= 15 is 0 Å². The quantitative estimate of drug-likeness (QED) is 0.722. The zero-order valence-corrected chi connectivity index (χ0v) is 14.2. The summed E-state index contributed by atoms with van der Waals surface area (Å²) in [5, 5.41) is 0. The summed E-state index contributed by atoms with van der Waals surface area (Å²) >= 11 is 4.63. The first-order valence-corrected chi connectivity index (χ1v) is 8.72. The Labute approximate surface area is 125 Å². The molecule has 0 saturated carbocycles. The maximum atomic E-state index is 12.3. The molecule has 0 aliphatic carbocycles. The molecule has 0 unspecified atom stereocenters. The van der Waals surface area contributed by atoms with Gasteiger partial charge in [-0.05, 0) is 35.8 Å². The predicted molar refractivity (Wildman–Crippen MR) is 77.8 cm³/mol. The van der Waals surface area contributed by atoms with Crippen molar-refractivity contribution in [3.05, 3.63) is 14.7 Å². The van der Waals surface area contributed by atoms with Crippen molar-refractivity contribution in [2.24, 2.45) is 0 Å². The summed E-state index contributed by atoms with van der Waals surface area (Å²) in [6.07, 6.45) is 0.0495. The fraction of sp³-hybridized carbons (Fsp3) is 0.545. The van der Waals surface area contributed by atoms with Gasteiger partial charge in [0.15, 0.2) is 0 Å². The maximum Gasteiger partial charge on any atom is 0.307 e. The van der Waals surface area contributed by atoms with Gasteiger partial charge >= 0.3 is 5.97 Å². The van der Waals surface area contributed by atoms with Gasteiger partial charge in [0.2, 0.25) is 10.0 Å². The molecule has 0 aromatic carbocycles. The lowest BCUT2D eigenvalue weighted by atomic mass is 10.4. The molecule has 108 valence electrons. The Hall–Kier alpha value is -0.440. The summed E-state index contributed by atoms with van der Waals surface area (Å²) in [5.41, 5.74) is 0. The molecular weight excluding hydrogens is 354 g/mol. The van der Waals surface area contributed by atoms with Crippen LogP contribution in [-0.2, 0) is 19.6 Å². The third-order valence-electron chi connectivity index (χ3n) is 2.47. The molecule has 0 spiro atoms. The van der Waals surface area contributed by atoms with Crippen molar-refractivity contribution in [3.8, 4) is 0 Å².